The van der Waals surface area contributed by atoms with Crippen LogP contribution in [0.15, 0.2) is 46.2 Å². The van der Waals surface area contributed by atoms with E-state index in [1.54, 1.807) is 39.0 Å². The molecule has 8 nitrogen and oxygen atoms in total. The average Bonchev–Trinajstić information content (AvgIpc) is 2.79. The van der Waals surface area contributed by atoms with Gasteiger partial charge in [-0.05, 0) is 75.4 Å². The maximum absolute atomic E-state index is 13.5. The van der Waals surface area contributed by atoms with Gasteiger partial charge in [-0.15, -0.1) is 0 Å². The van der Waals surface area contributed by atoms with Gasteiger partial charge in [-0.2, -0.15) is 17.5 Å². The minimum Gasteiger partial charge on any atom is -0.482 e. The van der Waals surface area contributed by atoms with Gasteiger partial charge in [0.2, 0.25) is 10.0 Å². The standard InChI is InChI=1S/C25H30F3NO7S2/c1-24(2,3)36-23(30)15-35-22-11-7-8-19-20(22)9-6-10-21(19)29(4)38(33,34)18-13-16(25(26,27)28)12-17(14-18)37(5,31)32/h7-8,11-14,21H,6,9-10,15H2,1-5H3. The molecule has 0 spiro atoms. The molecule has 0 N–H and O–H groups in total. The summed E-state index contributed by atoms with van der Waals surface area (Å²) < 4.78 is 103. The number of sulfone groups is 1. The van der Waals surface area contributed by atoms with E-state index < -0.39 is 59.0 Å². The van der Waals surface area contributed by atoms with Gasteiger partial charge in [-0.3, -0.25) is 0 Å². The molecule has 0 aromatic heterocycles. The predicted octanol–water partition coefficient (Wildman–Crippen LogP) is 4.53. The molecule has 0 heterocycles. The average molecular weight is 578 g/mol. The van der Waals surface area contributed by atoms with Crippen LogP contribution in [0.4, 0.5) is 13.2 Å². The van der Waals surface area contributed by atoms with Crippen molar-refractivity contribution in [1.29, 1.82) is 0 Å². The minimum absolute atomic E-state index is 0.356. The molecule has 0 fully saturated rings. The fraction of sp³-hybridized carbons (Fsp3) is 0.480. The Balaban J connectivity index is 1.98. The Morgan fingerprint density at radius 3 is 2.26 bits per heavy atom. The molecule has 2 aromatic rings. The lowest BCUT2D eigenvalue weighted by atomic mass is 9.87. The van der Waals surface area contributed by atoms with Gasteiger partial charge in [0, 0.05) is 13.3 Å². The van der Waals surface area contributed by atoms with Gasteiger partial charge >= 0.3 is 12.1 Å². The van der Waals surface area contributed by atoms with Crippen LogP contribution in [-0.2, 0) is 42.0 Å². The predicted molar refractivity (Wildman–Crippen MR) is 133 cm³/mol. The summed E-state index contributed by atoms with van der Waals surface area (Å²) in [5.41, 5.74) is -0.817. The van der Waals surface area contributed by atoms with Crippen LogP contribution in [0.2, 0.25) is 0 Å². The first-order chi connectivity index (χ1) is 17.3. The first kappa shape index (κ1) is 29.9. The highest BCUT2D eigenvalue weighted by molar-refractivity contribution is 7.91. The molecule has 1 aliphatic rings. The van der Waals surface area contributed by atoms with Gasteiger partial charge in [-0.1, -0.05) is 12.1 Å². The second-order valence-electron chi connectivity index (χ2n) is 10.1. The van der Waals surface area contributed by atoms with E-state index >= 15 is 0 Å². The van der Waals surface area contributed by atoms with Gasteiger partial charge in [0.15, 0.2) is 16.4 Å². The number of esters is 1. The van der Waals surface area contributed by atoms with Gasteiger partial charge in [0.1, 0.15) is 11.4 Å². The molecule has 0 saturated heterocycles. The van der Waals surface area contributed by atoms with Crippen molar-refractivity contribution in [2.75, 3.05) is 19.9 Å². The number of carbonyl (C=O) groups excluding carboxylic acids is 1. The Morgan fingerprint density at radius 2 is 1.68 bits per heavy atom. The summed E-state index contributed by atoms with van der Waals surface area (Å²) in [5.74, 6) is -0.198. The maximum Gasteiger partial charge on any atom is 0.416 e. The SMILES string of the molecule is CN(C1CCCc2c(OCC(=O)OC(C)(C)C)cccc21)S(=O)(=O)c1cc(C(F)(F)F)cc(S(C)(=O)=O)c1. The minimum atomic E-state index is -4.96. The number of carbonyl (C=O) groups is 1. The van der Waals surface area contributed by atoms with Gasteiger partial charge in [-0.25, -0.2) is 21.6 Å². The molecule has 3 rings (SSSR count). The van der Waals surface area contributed by atoms with Crippen molar-refractivity contribution in [2.45, 2.75) is 67.6 Å². The zero-order valence-corrected chi connectivity index (χ0v) is 23.3. The molecule has 13 heteroatoms. The van der Waals surface area contributed by atoms with Gasteiger partial charge in [0.25, 0.3) is 0 Å². The van der Waals surface area contributed by atoms with E-state index in [4.69, 9.17) is 9.47 Å². The highest BCUT2D eigenvalue weighted by Crippen LogP contribution is 2.41. The Morgan fingerprint density at radius 1 is 1.05 bits per heavy atom. The molecule has 0 amide bonds. The molecule has 38 heavy (non-hydrogen) atoms. The molecule has 1 aliphatic carbocycles. The van der Waals surface area contributed by atoms with Crippen molar-refractivity contribution in [1.82, 2.24) is 4.31 Å². The van der Waals surface area contributed by atoms with E-state index in [1.807, 2.05) is 0 Å². The number of nitrogens with zero attached hydrogens (tertiary/aromatic N) is 1. The van der Waals surface area contributed by atoms with Crippen molar-refractivity contribution >= 4 is 25.8 Å². The Kier molecular flexibility index (Phi) is 8.26. The lowest BCUT2D eigenvalue weighted by Crippen LogP contribution is -2.34. The van der Waals surface area contributed by atoms with Crippen LogP contribution in [0.3, 0.4) is 0 Å². The monoisotopic (exact) mass is 577 g/mol. The van der Waals surface area contributed by atoms with E-state index in [2.05, 4.69) is 0 Å². The highest BCUT2D eigenvalue weighted by Gasteiger charge is 2.37. The van der Waals surface area contributed by atoms with Crippen LogP contribution < -0.4 is 4.74 Å². The summed E-state index contributed by atoms with van der Waals surface area (Å²) in [6.45, 7) is 4.81. The van der Waals surface area contributed by atoms with Crippen LogP contribution in [0.1, 0.15) is 56.3 Å². The second-order valence-corrected chi connectivity index (χ2v) is 14.1. The first-order valence-corrected chi connectivity index (χ1v) is 15.0. The lowest BCUT2D eigenvalue weighted by molar-refractivity contribution is -0.157. The Hall–Kier alpha value is -2.64. The third-order valence-corrected chi connectivity index (χ3v) is 8.89. The fourth-order valence-corrected chi connectivity index (χ4v) is 6.44. The number of sulfonamides is 1. The summed E-state index contributed by atoms with van der Waals surface area (Å²) in [4.78, 5) is 10.6. The molecule has 0 aliphatic heterocycles. The number of ether oxygens (including phenoxy) is 2. The fourth-order valence-electron chi connectivity index (χ4n) is 4.24. The molecule has 0 radical (unpaired) electrons. The van der Waals surface area contributed by atoms with Crippen LogP contribution in [0, 0.1) is 0 Å². The van der Waals surface area contributed by atoms with Crippen LogP contribution in [0.5, 0.6) is 5.75 Å². The lowest BCUT2D eigenvalue weighted by Gasteiger charge is -2.33. The summed E-state index contributed by atoms with van der Waals surface area (Å²) in [5, 5.41) is 0. The molecule has 1 atom stereocenters. The molecule has 0 saturated carbocycles. The van der Waals surface area contributed by atoms with Gasteiger partial charge < -0.3 is 9.47 Å². The molecular formula is C25H30F3NO7S2. The first-order valence-electron chi connectivity index (χ1n) is 11.7. The number of halogens is 3. The largest absolute Gasteiger partial charge is 0.482 e. The number of benzene rings is 2. The normalized spacial score (nSPS) is 16.7. The summed E-state index contributed by atoms with van der Waals surface area (Å²) in [6.07, 6.45) is -2.80. The topological polar surface area (TPSA) is 107 Å². The van der Waals surface area contributed by atoms with Crippen molar-refractivity contribution in [3.8, 4) is 5.75 Å². The summed E-state index contributed by atoms with van der Waals surface area (Å²) >= 11 is 0. The Labute approximate surface area is 220 Å². The highest BCUT2D eigenvalue weighted by atomic mass is 32.2. The van der Waals surface area contributed by atoms with Crippen LogP contribution in [-0.4, -0.2) is 52.6 Å². The third-order valence-electron chi connectivity index (χ3n) is 5.95. The van der Waals surface area contributed by atoms with Crippen LogP contribution >= 0.6 is 0 Å². The number of hydrogen-bond donors (Lipinski definition) is 0. The molecule has 2 aromatic carbocycles. The van der Waals surface area contributed by atoms with Crippen molar-refractivity contribution in [2.24, 2.45) is 0 Å². The Bertz CT molecular complexity index is 1430. The summed E-state index contributed by atoms with van der Waals surface area (Å²) in [6, 6.07) is 5.80. The second kappa shape index (κ2) is 10.5. The molecule has 1 unspecified atom stereocenters. The van der Waals surface area contributed by atoms with E-state index in [-0.39, 0.29) is 6.61 Å². The number of hydrogen-bond acceptors (Lipinski definition) is 7. The third kappa shape index (κ3) is 6.86. The van der Waals surface area contributed by atoms with Crippen molar-refractivity contribution < 1.29 is 44.3 Å². The number of alkyl halides is 3. The van der Waals surface area contributed by atoms with Gasteiger partial charge in [0.05, 0.1) is 21.4 Å². The van der Waals surface area contributed by atoms with Crippen LogP contribution in [0.25, 0.3) is 0 Å². The number of fused-ring (bicyclic) bond motifs is 1. The van der Waals surface area contributed by atoms with Crippen molar-refractivity contribution in [3.05, 3.63) is 53.1 Å². The quantitative estimate of drug-likeness (QED) is 0.445. The number of rotatable bonds is 7. The molecule has 0 bridgehead atoms. The zero-order chi connectivity index (χ0) is 28.7. The van der Waals surface area contributed by atoms with Crippen molar-refractivity contribution in [3.63, 3.8) is 0 Å². The smallest absolute Gasteiger partial charge is 0.416 e. The molecule has 210 valence electrons. The zero-order valence-electron chi connectivity index (χ0n) is 21.6. The van der Waals surface area contributed by atoms with E-state index in [0.29, 0.717) is 54.5 Å². The molecular weight excluding hydrogens is 547 g/mol. The van der Waals surface area contributed by atoms with E-state index in [0.717, 1.165) is 10.4 Å². The van der Waals surface area contributed by atoms with E-state index in [1.165, 1.54) is 7.05 Å². The maximum atomic E-state index is 13.5. The van der Waals surface area contributed by atoms with E-state index in [9.17, 15) is 34.8 Å². The summed E-state index contributed by atoms with van der Waals surface area (Å²) in [7, 11) is -7.45.